The van der Waals surface area contributed by atoms with Crippen LogP contribution in [0.25, 0.3) is 0 Å². The molecule has 4 aromatic rings. The van der Waals surface area contributed by atoms with Gasteiger partial charge in [0.2, 0.25) is 0 Å². The smallest absolute Gasteiger partial charge is 0.175 e. The molecular weight excluding hydrogens is 497 g/mol. The molecule has 4 nitrogen and oxygen atoms in total. The van der Waals surface area contributed by atoms with Crippen LogP contribution in [0.3, 0.4) is 0 Å². The molecule has 0 aromatic heterocycles. The lowest BCUT2D eigenvalue weighted by Crippen LogP contribution is -2.04. The molecule has 0 saturated carbocycles. The third kappa shape index (κ3) is 6.29. The number of hydrogen-bond donors (Lipinski definition) is 1. The van der Waals surface area contributed by atoms with Crippen molar-refractivity contribution in [2.75, 3.05) is 11.9 Å². The van der Waals surface area contributed by atoms with E-state index in [0.29, 0.717) is 30.2 Å². The van der Waals surface area contributed by atoms with E-state index in [1.807, 2.05) is 73.7 Å². The highest BCUT2D eigenvalue weighted by atomic mass is 79.9. The van der Waals surface area contributed by atoms with Crippen molar-refractivity contribution in [3.05, 3.63) is 112 Å². The van der Waals surface area contributed by atoms with E-state index in [9.17, 15) is 4.39 Å². The molecule has 0 saturated heterocycles. The van der Waals surface area contributed by atoms with Crippen LogP contribution in [0.2, 0.25) is 0 Å². The number of nitrogens with one attached hydrogen (secondary N) is 1. The summed E-state index contributed by atoms with van der Waals surface area (Å²) in [7, 11) is 0. The molecule has 0 aliphatic carbocycles. The summed E-state index contributed by atoms with van der Waals surface area (Å²) in [6, 6.07) is 28.0. The van der Waals surface area contributed by atoms with E-state index in [0.717, 1.165) is 27.2 Å². The number of hydrogen-bond acceptors (Lipinski definition) is 4. The topological polar surface area (TPSA) is 39.7 Å². The largest absolute Gasteiger partial charge is 0.490 e. The molecule has 0 atom stereocenters. The van der Waals surface area contributed by atoms with Gasteiger partial charge in [0.05, 0.1) is 11.1 Å². The monoisotopic (exact) mass is 521 g/mol. The van der Waals surface area contributed by atoms with Gasteiger partial charge in [-0.1, -0.05) is 36.4 Å². The number of benzene rings is 4. The first-order valence-electron chi connectivity index (χ1n) is 11.0. The maximum absolute atomic E-state index is 14.0. The van der Waals surface area contributed by atoms with E-state index in [1.54, 1.807) is 18.2 Å². The molecule has 0 fully saturated rings. The average Bonchev–Trinajstić information content (AvgIpc) is 2.85. The van der Waals surface area contributed by atoms with Gasteiger partial charge in [-0.25, -0.2) is 4.39 Å². The van der Waals surface area contributed by atoms with Gasteiger partial charge < -0.3 is 19.5 Å². The molecule has 0 unspecified atom stereocenters. The highest BCUT2D eigenvalue weighted by Gasteiger charge is 2.14. The summed E-state index contributed by atoms with van der Waals surface area (Å²) in [6.07, 6.45) is 0. The number of anilines is 1. The highest BCUT2D eigenvalue weighted by molar-refractivity contribution is 9.10. The van der Waals surface area contributed by atoms with E-state index in [-0.39, 0.29) is 12.4 Å². The second-order valence-corrected chi connectivity index (χ2v) is 8.37. The van der Waals surface area contributed by atoms with Crippen LogP contribution in [0.5, 0.6) is 23.0 Å². The van der Waals surface area contributed by atoms with Crippen molar-refractivity contribution >= 4 is 21.6 Å². The van der Waals surface area contributed by atoms with Gasteiger partial charge in [0.15, 0.2) is 11.5 Å². The molecule has 0 bridgehead atoms. The fraction of sp³-hybridized carbons (Fsp3) is 0.143. The van der Waals surface area contributed by atoms with Crippen LogP contribution < -0.4 is 19.5 Å². The third-order valence-corrected chi connectivity index (χ3v) is 5.62. The number of halogens is 2. The zero-order valence-electron chi connectivity index (χ0n) is 18.8. The predicted molar refractivity (Wildman–Crippen MR) is 136 cm³/mol. The minimum absolute atomic E-state index is 0.111. The van der Waals surface area contributed by atoms with E-state index in [2.05, 4.69) is 21.2 Å². The lowest BCUT2D eigenvalue weighted by molar-refractivity contribution is 0.264. The summed E-state index contributed by atoms with van der Waals surface area (Å²) >= 11 is 3.58. The third-order valence-electron chi connectivity index (χ3n) is 5.03. The molecule has 0 aliphatic heterocycles. The van der Waals surface area contributed by atoms with Gasteiger partial charge in [-0.3, -0.25) is 0 Å². The van der Waals surface area contributed by atoms with Gasteiger partial charge >= 0.3 is 0 Å². The standard InChI is InChI=1S/C28H25BrFNO3/c1-2-32-27-17-20(16-25(29)28(27)33-19-21-8-6-7-11-26(21)30)18-31-22-12-14-24(15-13-22)34-23-9-4-3-5-10-23/h3-17,31H,2,18-19H2,1H3. The minimum atomic E-state index is -0.294. The van der Waals surface area contributed by atoms with Crippen molar-refractivity contribution in [1.82, 2.24) is 0 Å². The first-order chi connectivity index (χ1) is 16.6. The summed E-state index contributed by atoms with van der Waals surface area (Å²) in [5, 5.41) is 3.41. The Morgan fingerprint density at radius 3 is 2.26 bits per heavy atom. The van der Waals surface area contributed by atoms with Gasteiger partial charge in [0, 0.05) is 17.8 Å². The van der Waals surface area contributed by atoms with Gasteiger partial charge in [-0.05, 0) is 83.0 Å². The summed E-state index contributed by atoms with van der Waals surface area (Å²) in [6.45, 7) is 3.10. The van der Waals surface area contributed by atoms with Crippen LogP contribution in [-0.2, 0) is 13.2 Å². The molecule has 34 heavy (non-hydrogen) atoms. The molecule has 0 radical (unpaired) electrons. The number of para-hydroxylation sites is 1. The maximum Gasteiger partial charge on any atom is 0.175 e. The lowest BCUT2D eigenvalue weighted by Gasteiger charge is -2.16. The molecular formula is C28H25BrFNO3. The van der Waals surface area contributed by atoms with Crippen LogP contribution in [0.4, 0.5) is 10.1 Å². The first kappa shape index (κ1) is 23.6. The second-order valence-electron chi connectivity index (χ2n) is 7.51. The van der Waals surface area contributed by atoms with Gasteiger partial charge in [0.1, 0.15) is 23.9 Å². The van der Waals surface area contributed by atoms with Crippen molar-refractivity contribution < 1.29 is 18.6 Å². The zero-order chi connectivity index (χ0) is 23.8. The van der Waals surface area contributed by atoms with Crippen LogP contribution in [0, 0.1) is 5.82 Å². The molecule has 0 amide bonds. The van der Waals surface area contributed by atoms with Gasteiger partial charge in [-0.2, -0.15) is 0 Å². The van der Waals surface area contributed by atoms with Crippen molar-refractivity contribution in [1.29, 1.82) is 0 Å². The number of ether oxygens (including phenoxy) is 3. The zero-order valence-corrected chi connectivity index (χ0v) is 20.3. The van der Waals surface area contributed by atoms with Crippen molar-refractivity contribution in [2.45, 2.75) is 20.1 Å². The van der Waals surface area contributed by atoms with Crippen LogP contribution >= 0.6 is 15.9 Å². The van der Waals surface area contributed by atoms with E-state index < -0.39 is 0 Å². The van der Waals surface area contributed by atoms with E-state index in [4.69, 9.17) is 14.2 Å². The second kappa shape index (κ2) is 11.6. The maximum atomic E-state index is 14.0. The Labute approximate surface area is 207 Å². The summed E-state index contributed by atoms with van der Waals surface area (Å²) in [4.78, 5) is 0. The molecule has 0 aliphatic rings. The van der Waals surface area contributed by atoms with Gasteiger partial charge in [-0.15, -0.1) is 0 Å². The quantitative estimate of drug-likeness (QED) is 0.229. The summed E-state index contributed by atoms with van der Waals surface area (Å²) < 4.78 is 32.3. The Morgan fingerprint density at radius 2 is 1.53 bits per heavy atom. The Hall–Kier alpha value is -3.51. The van der Waals surface area contributed by atoms with Crippen LogP contribution in [0.1, 0.15) is 18.1 Å². The fourth-order valence-corrected chi connectivity index (χ4v) is 3.97. The summed E-state index contributed by atoms with van der Waals surface area (Å²) in [5.41, 5.74) is 2.47. The highest BCUT2D eigenvalue weighted by Crippen LogP contribution is 2.38. The average molecular weight is 522 g/mol. The normalized spacial score (nSPS) is 10.6. The Bertz CT molecular complexity index is 1220. The van der Waals surface area contributed by atoms with E-state index >= 15 is 0 Å². The summed E-state index contributed by atoms with van der Waals surface area (Å²) in [5.74, 6) is 2.44. The first-order valence-corrected chi connectivity index (χ1v) is 11.8. The van der Waals surface area contributed by atoms with Crippen LogP contribution in [-0.4, -0.2) is 6.61 Å². The molecule has 1 N–H and O–H groups in total. The molecule has 0 spiro atoms. The van der Waals surface area contributed by atoms with Crippen molar-refractivity contribution in [3.63, 3.8) is 0 Å². The minimum Gasteiger partial charge on any atom is -0.490 e. The van der Waals surface area contributed by atoms with E-state index in [1.165, 1.54) is 6.07 Å². The molecule has 6 heteroatoms. The molecule has 4 rings (SSSR count). The Morgan fingerprint density at radius 1 is 0.824 bits per heavy atom. The van der Waals surface area contributed by atoms with Crippen molar-refractivity contribution in [2.24, 2.45) is 0 Å². The molecule has 4 aromatic carbocycles. The SMILES string of the molecule is CCOc1cc(CNc2ccc(Oc3ccccc3)cc2)cc(Br)c1OCc1ccccc1F. The van der Waals surface area contributed by atoms with Crippen molar-refractivity contribution in [3.8, 4) is 23.0 Å². The Balaban J connectivity index is 1.41. The predicted octanol–water partition coefficient (Wildman–Crippen LogP) is 7.97. The Kier molecular flexibility index (Phi) is 8.04. The molecule has 0 heterocycles. The fourth-order valence-electron chi connectivity index (χ4n) is 3.36. The lowest BCUT2D eigenvalue weighted by atomic mass is 10.2. The van der Waals surface area contributed by atoms with Gasteiger partial charge in [0.25, 0.3) is 0 Å². The number of rotatable bonds is 10. The molecule has 174 valence electrons. The van der Waals surface area contributed by atoms with Crippen LogP contribution in [0.15, 0.2) is 95.5 Å².